The van der Waals surface area contributed by atoms with Gasteiger partial charge in [-0.15, -0.1) is 11.8 Å². The highest BCUT2D eigenvalue weighted by molar-refractivity contribution is 7.99. The van der Waals surface area contributed by atoms with E-state index in [9.17, 15) is 13.2 Å². The first-order valence-electron chi connectivity index (χ1n) is 9.14. The molecule has 1 aliphatic rings. The lowest BCUT2D eigenvalue weighted by Gasteiger charge is -2.26. The zero-order valence-electron chi connectivity index (χ0n) is 16.4. The molecular formula is C20H23ClN2O4S2. The van der Waals surface area contributed by atoms with Crippen LogP contribution in [0.3, 0.4) is 0 Å². The minimum atomic E-state index is -3.82. The SMILES string of the molecule is COc1ccc(C(=O)NC2CCSc3ccc(Cl)cc32)cc1S(=O)(=O)NC(C)C. The Kier molecular flexibility index (Phi) is 6.78. The molecule has 1 heterocycles. The molecule has 3 rings (SSSR count). The average Bonchev–Trinajstić information content (AvgIpc) is 2.67. The summed E-state index contributed by atoms with van der Waals surface area (Å²) in [6, 6.07) is 9.57. The van der Waals surface area contributed by atoms with Crippen molar-refractivity contribution in [2.75, 3.05) is 12.9 Å². The van der Waals surface area contributed by atoms with Crippen molar-refractivity contribution in [2.24, 2.45) is 0 Å². The third-order valence-corrected chi connectivity index (χ3v) is 7.46. The molecule has 1 amide bonds. The molecule has 0 bridgehead atoms. The number of hydrogen-bond acceptors (Lipinski definition) is 5. The molecule has 1 atom stereocenters. The lowest BCUT2D eigenvalue weighted by molar-refractivity contribution is 0.0934. The van der Waals surface area contributed by atoms with E-state index < -0.39 is 10.0 Å². The molecule has 9 heteroatoms. The molecule has 0 radical (unpaired) electrons. The van der Waals surface area contributed by atoms with E-state index in [1.54, 1.807) is 31.7 Å². The summed E-state index contributed by atoms with van der Waals surface area (Å²) in [7, 11) is -2.43. The first kappa shape index (κ1) is 22.0. The van der Waals surface area contributed by atoms with E-state index in [1.807, 2.05) is 18.2 Å². The topological polar surface area (TPSA) is 84.5 Å². The lowest BCUT2D eigenvalue weighted by atomic mass is 10.0. The maximum atomic E-state index is 12.9. The minimum Gasteiger partial charge on any atom is -0.495 e. The normalized spacial score (nSPS) is 16.4. The molecule has 1 aliphatic heterocycles. The minimum absolute atomic E-state index is 0.0657. The average molecular weight is 455 g/mol. The summed E-state index contributed by atoms with van der Waals surface area (Å²) in [5.74, 6) is 0.706. The number of carbonyl (C=O) groups is 1. The summed E-state index contributed by atoms with van der Waals surface area (Å²) in [6.07, 6.45) is 0.764. The van der Waals surface area contributed by atoms with Crippen LogP contribution in [0.2, 0.25) is 5.02 Å². The summed E-state index contributed by atoms with van der Waals surface area (Å²) in [5.41, 5.74) is 1.22. The van der Waals surface area contributed by atoms with Gasteiger partial charge in [0, 0.05) is 27.3 Å². The van der Waals surface area contributed by atoms with E-state index in [1.165, 1.54) is 19.2 Å². The summed E-state index contributed by atoms with van der Waals surface area (Å²) >= 11 is 7.86. The van der Waals surface area contributed by atoms with Crippen LogP contribution in [-0.2, 0) is 10.0 Å². The van der Waals surface area contributed by atoms with Crippen LogP contribution in [0, 0.1) is 0 Å². The number of hydrogen-bond donors (Lipinski definition) is 2. The Balaban J connectivity index is 1.90. The molecule has 0 aromatic heterocycles. The number of fused-ring (bicyclic) bond motifs is 1. The highest BCUT2D eigenvalue weighted by Crippen LogP contribution is 2.37. The van der Waals surface area contributed by atoms with Gasteiger partial charge in [0.05, 0.1) is 13.2 Å². The van der Waals surface area contributed by atoms with Gasteiger partial charge in [0.2, 0.25) is 10.0 Å². The number of benzene rings is 2. The van der Waals surface area contributed by atoms with Crippen molar-refractivity contribution in [3.8, 4) is 5.75 Å². The first-order valence-corrected chi connectivity index (χ1v) is 12.0. The molecule has 2 N–H and O–H groups in total. The lowest BCUT2D eigenvalue weighted by Crippen LogP contribution is -2.32. The number of carbonyl (C=O) groups excluding carboxylic acids is 1. The Hall–Kier alpha value is -1.74. The van der Waals surface area contributed by atoms with Crippen LogP contribution in [0.25, 0.3) is 0 Å². The van der Waals surface area contributed by atoms with E-state index in [2.05, 4.69) is 10.0 Å². The molecular weight excluding hydrogens is 432 g/mol. The van der Waals surface area contributed by atoms with Crippen molar-refractivity contribution >= 4 is 39.3 Å². The van der Waals surface area contributed by atoms with Gasteiger partial charge in [0.25, 0.3) is 5.91 Å². The molecule has 0 spiro atoms. The van der Waals surface area contributed by atoms with Crippen molar-refractivity contribution in [2.45, 2.75) is 42.1 Å². The summed E-state index contributed by atoms with van der Waals surface area (Å²) in [5, 5.41) is 3.62. The number of amides is 1. The maximum Gasteiger partial charge on any atom is 0.251 e. The zero-order valence-corrected chi connectivity index (χ0v) is 18.7. The van der Waals surface area contributed by atoms with Crippen LogP contribution in [-0.4, -0.2) is 33.2 Å². The van der Waals surface area contributed by atoms with E-state index in [-0.39, 0.29) is 34.2 Å². The van der Waals surface area contributed by atoms with E-state index in [0.717, 1.165) is 22.6 Å². The number of thioether (sulfide) groups is 1. The highest BCUT2D eigenvalue weighted by Gasteiger charge is 2.26. The van der Waals surface area contributed by atoms with E-state index >= 15 is 0 Å². The van der Waals surface area contributed by atoms with E-state index in [4.69, 9.17) is 16.3 Å². The van der Waals surface area contributed by atoms with Crippen molar-refractivity contribution in [1.82, 2.24) is 10.0 Å². The predicted molar refractivity (Wildman–Crippen MR) is 115 cm³/mol. The number of methoxy groups -OCH3 is 1. The van der Waals surface area contributed by atoms with Crippen LogP contribution in [0.1, 0.15) is 42.2 Å². The fourth-order valence-corrected chi connectivity index (χ4v) is 5.89. The largest absolute Gasteiger partial charge is 0.495 e. The number of rotatable bonds is 6. The first-order chi connectivity index (χ1) is 13.7. The molecule has 156 valence electrons. The van der Waals surface area contributed by atoms with Crippen LogP contribution < -0.4 is 14.8 Å². The van der Waals surface area contributed by atoms with Crippen LogP contribution in [0.15, 0.2) is 46.2 Å². The smallest absolute Gasteiger partial charge is 0.251 e. The number of sulfonamides is 1. The molecule has 0 saturated carbocycles. The molecule has 0 aliphatic carbocycles. The second kappa shape index (κ2) is 8.95. The zero-order chi connectivity index (χ0) is 21.2. The van der Waals surface area contributed by atoms with Crippen molar-refractivity contribution < 1.29 is 17.9 Å². The quantitative estimate of drug-likeness (QED) is 0.689. The molecule has 1 unspecified atom stereocenters. The van der Waals surface area contributed by atoms with Gasteiger partial charge in [-0.2, -0.15) is 0 Å². The predicted octanol–water partition coefficient (Wildman–Crippen LogP) is 4.00. The van der Waals surface area contributed by atoms with Crippen molar-refractivity contribution in [3.63, 3.8) is 0 Å². The number of nitrogens with one attached hydrogen (secondary N) is 2. The third kappa shape index (κ3) is 5.06. The summed E-state index contributed by atoms with van der Waals surface area (Å²) < 4.78 is 33.0. The van der Waals surface area contributed by atoms with Gasteiger partial charge in [-0.05, 0) is 62.2 Å². The van der Waals surface area contributed by atoms with Crippen LogP contribution in [0.4, 0.5) is 0 Å². The highest BCUT2D eigenvalue weighted by atomic mass is 35.5. The van der Waals surface area contributed by atoms with Crippen LogP contribution >= 0.6 is 23.4 Å². The second-order valence-electron chi connectivity index (χ2n) is 6.99. The Morgan fingerprint density at radius 2 is 2.00 bits per heavy atom. The molecule has 2 aromatic rings. The summed E-state index contributed by atoms with van der Waals surface area (Å²) in [6.45, 7) is 3.45. The Labute approximate surface area is 180 Å². The van der Waals surface area contributed by atoms with Crippen molar-refractivity contribution in [3.05, 3.63) is 52.5 Å². The fraction of sp³-hybridized carbons (Fsp3) is 0.350. The van der Waals surface area contributed by atoms with E-state index in [0.29, 0.717) is 5.02 Å². The van der Waals surface area contributed by atoms with Gasteiger partial charge in [-0.3, -0.25) is 4.79 Å². The van der Waals surface area contributed by atoms with Gasteiger partial charge in [-0.25, -0.2) is 13.1 Å². The maximum absolute atomic E-state index is 12.9. The van der Waals surface area contributed by atoms with Crippen molar-refractivity contribution in [1.29, 1.82) is 0 Å². The monoisotopic (exact) mass is 454 g/mol. The Bertz CT molecular complexity index is 1030. The standard InChI is InChI=1S/C20H23ClN2O4S2/c1-12(2)23-29(25,26)19-10-13(4-6-17(19)27-3)20(24)22-16-8-9-28-18-7-5-14(21)11-15(16)18/h4-7,10-12,16,23H,8-9H2,1-3H3,(H,22,24). The molecule has 2 aromatic carbocycles. The van der Waals surface area contributed by atoms with Crippen LogP contribution in [0.5, 0.6) is 5.75 Å². The fourth-order valence-electron chi connectivity index (χ4n) is 3.16. The number of ether oxygens (including phenoxy) is 1. The summed E-state index contributed by atoms with van der Waals surface area (Å²) in [4.78, 5) is 13.9. The number of halogens is 1. The molecule has 0 fully saturated rings. The van der Waals surface area contributed by atoms with Gasteiger partial charge in [0.15, 0.2) is 0 Å². The molecule has 29 heavy (non-hydrogen) atoms. The Morgan fingerprint density at radius 3 is 2.69 bits per heavy atom. The molecule has 6 nitrogen and oxygen atoms in total. The second-order valence-corrected chi connectivity index (χ2v) is 10.2. The van der Waals surface area contributed by atoms with Gasteiger partial charge < -0.3 is 10.1 Å². The van der Waals surface area contributed by atoms with Gasteiger partial charge in [0.1, 0.15) is 10.6 Å². The molecule has 0 saturated heterocycles. The Morgan fingerprint density at radius 1 is 1.24 bits per heavy atom. The third-order valence-electron chi connectivity index (χ3n) is 4.42. The van der Waals surface area contributed by atoms with Gasteiger partial charge in [-0.1, -0.05) is 11.6 Å². The van der Waals surface area contributed by atoms with Gasteiger partial charge >= 0.3 is 0 Å².